The predicted molar refractivity (Wildman–Crippen MR) is 79.1 cm³/mol. The number of hydrogen-bond acceptors (Lipinski definition) is 4. The summed E-state index contributed by atoms with van der Waals surface area (Å²) in [7, 11) is 2.03. The molecule has 0 aliphatic rings. The van der Waals surface area contributed by atoms with Gasteiger partial charge in [0.2, 0.25) is 0 Å². The highest BCUT2D eigenvalue weighted by molar-refractivity contribution is 5.56. The van der Waals surface area contributed by atoms with E-state index in [1.54, 1.807) is 0 Å². The summed E-state index contributed by atoms with van der Waals surface area (Å²) in [6, 6.07) is 10.3. The second-order valence-corrected chi connectivity index (χ2v) is 4.67. The normalized spacial score (nSPS) is 10.5. The average Bonchev–Trinajstić information content (AvgIpc) is 2.42. The van der Waals surface area contributed by atoms with Crippen molar-refractivity contribution in [1.82, 2.24) is 9.97 Å². The van der Waals surface area contributed by atoms with Crippen LogP contribution in [0.4, 0.5) is 11.6 Å². The van der Waals surface area contributed by atoms with Gasteiger partial charge in [-0.15, -0.1) is 0 Å². The highest BCUT2D eigenvalue weighted by atomic mass is 15.2. The Morgan fingerprint density at radius 2 is 1.84 bits per heavy atom. The van der Waals surface area contributed by atoms with Crippen LogP contribution in [0, 0.1) is 6.92 Å². The fourth-order valence-electron chi connectivity index (χ4n) is 2.03. The second kappa shape index (κ2) is 5.69. The van der Waals surface area contributed by atoms with Crippen LogP contribution in [0.5, 0.6) is 0 Å². The van der Waals surface area contributed by atoms with E-state index in [4.69, 9.17) is 5.73 Å². The lowest BCUT2D eigenvalue weighted by Crippen LogP contribution is -2.20. The van der Waals surface area contributed by atoms with E-state index >= 15 is 0 Å². The van der Waals surface area contributed by atoms with E-state index in [9.17, 15) is 0 Å². The molecule has 1 heterocycles. The Bertz CT molecular complexity index is 552. The molecule has 0 saturated heterocycles. The van der Waals surface area contributed by atoms with Crippen molar-refractivity contribution < 1.29 is 0 Å². The molecule has 0 bridgehead atoms. The number of rotatable bonds is 4. The molecule has 2 aromatic rings. The van der Waals surface area contributed by atoms with Gasteiger partial charge in [-0.2, -0.15) is 0 Å². The first kappa shape index (κ1) is 13.3. The topological polar surface area (TPSA) is 55.0 Å². The summed E-state index contributed by atoms with van der Waals surface area (Å²) in [4.78, 5) is 11.0. The summed E-state index contributed by atoms with van der Waals surface area (Å²) in [6.45, 7) is 4.80. The highest BCUT2D eigenvalue weighted by Crippen LogP contribution is 2.22. The molecule has 2 N–H and O–H groups in total. The molecular weight excluding hydrogens is 236 g/mol. The highest BCUT2D eigenvalue weighted by Gasteiger charge is 2.12. The van der Waals surface area contributed by atoms with E-state index in [2.05, 4.69) is 27.0 Å². The van der Waals surface area contributed by atoms with Crippen molar-refractivity contribution >= 4 is 11.6 Å². The van der Waals surface area contributed by atoms with Gasteiger partial charge in [-0.05, 0) is 12.5 Å². The minimum Gasteiger partial charge on any atom is -0.383 e. The summed E-state index contributed by atoms with van der Waals surface area (Å²) in [5.74, 6) is 2.27. The predicted octanol–water partition coefficient (Wildman–Crippen LogP) is 2.57. The van der Waals surface area contributed by atoms with Gasteiger partial charge < -0.3 is 10.6 Å². The Morgan fingerprint density at radius 1 is 1.16 bits per heavy atom. The summed E-state index contributed by atoms with van der Waals surface area (Å²) in [5, 5.41) is 0. The van der Waals surface area contributed by atoms with Crippen LogP contribution < -0.4 is 10.6 Å². The molecule has 0 spiro atoms. The van der Waals surface area contributed by atoms with E-state index in [-0.39, 0.29) is 0 Å². The number of nitrogen functional groups attached to an aromatic ring is 1. The first-order valence-electron chi connectivity index (χ1n) is 6.50. The van der Waals surface area contributed by atoms with Crippen LogP contribution >= 0.6 is 0 Å². The summed E-state index contributed by atoms with van der Waals surface area (Å²) in [5.41, 5.74) is 8.14. The number of nitrogens with two attached hydrogens (primary N) is 1. The van der Waals surface area contributed by atoms with E-state index in [1.165, 1.54) is 5.56 Å². The van der Waals surface area contributed by atoms with Gasteiger partial charge in [0, 0.05) is 25.6 Å². The van der Waals surface area contributed by atoms with Gasteiger partial charge in [0.05, 0.1) is 0 Å². The fourth-order valence-corrected chi connectivity index (χ4v) is 2.03. The molecule has 0 unspecified atom stereocenters. The lowest BCUT2D eigenvalue weighted by Gasteiger charge is -2.21. The molecule has 19 heavy (non-hydrogen) atoms. The van der Waals surface area contributed by atoms with Crippen LogP contribution in [-0.4, -0.2) is 17.0 Å². The molecule has 0 radical (unpaired) electrons. The molecular formula is C15H20N4. The quantitative estimate of drug-likeness (QED) is 0.913. The number of hydrogen-bond donors (Lipinski definition) is 1. The van der Waals surface area contributed by atoms with Gasteiger partial charge in [-0.1, -0.05) is 37.3 Å². The van der Waals surface area contributed by atoms with Gasteiger partial charge >= 0.3 is 0 Å². The van der Waals surface area contributed by atoms with Crippen LogP contribution in [0.25, 0.3) is 0 Å². The minimum absolute atomic E-state index is 0.571. The van der Waals surface area contributed by atoms with Gasteiger partial charge in [-0.25, -0.2) is 9.97 Å². The Labute approximate surface area is 114 Å². The summed E-state index contributed by atoms with van der Waals surface area (Å²) >= 11 is 0. The zero-order valence-corrected chi connectivity index (χ0v) is 11.7. The molecule has 0 atom stereocenters. The van der Waals surface area contributed by atoms with Crippen LogP contribution in [0.2, 0.25) is 0 Å². The molecule has 0 amide bonds. The first-order chi connectivity index (χ1) is 9.11. The van der Waals surface area contributed by atoms with Gasteiger partial charge in [0.1, 0.15) is 17.5 Å². The molecule has 4 heteroatoms. The SMILES string of the molecule is CCc1nc(N)c(C)c(N(C)Cc2ccccc2)n1. The Hall–Kier alpha value is -2.10. The monoisotopic (exact) mass is 256 g/mol. The Morgan fingerprint density at radius 3 is 2.47 bits per heavy atom. The molecule has 0 saturated carbocycles. The van der Waals surface area contributed by atoms with E-state index < -0.39 is 0 Å². The minimum atomic E-state index is 0.571. The lowest BCUT2D eigenvalue weighted by atomic mass is 10.2. The zero-order valence-electron chi connectivity index (χ0n) is 11.7. The third kappa shape index (κ3) is 3.02. The van der Waals surface area contributed by atoms with Crippen molar-refractivity contribution in [1.29, 1.82) is 0 Å². The number of nitrogens with zero attached hydrogens (tertiary/aromatic N) is 3. The first-order valence-corrected chi connectivity index (χ1v) is 6.50. The Kier molecular flexibility index (Phi) is 4.00. The third-order valence-corrected chi connectivity index (χ3v) is 3.14. The molecule has 4 nitrogen and oxygen atoms in total. The molecule has 0 aliphatic carbocycles. The van der Waals surface area contributed by atoms with Crippen molar-refractivity contribution in [2.45, 2.75) is 26.8 Å². The van der Waals surface area contributed by atoms with Crippen LogP contribution in [0.15, 0.2) is 30.3 Å². The molecule has 1 aromatic heterocycles. The second-order valence-electron chi connectivity index (χ2n) is 4.67. The molecule has 1 aromatic carbocycles. The average molecular weight is 256 g/mol. The zero-order chi connectivity index (χ0) is 13.8. The van der Waals surface area contributed by atoms with Gasteiger partial charge in [0.15, 0.2) is 0 Å². The number of aryl methyl sites for hydroxylation is 1. The fraction of sp³-hybridized carbons (Fsp3) is 0.333. The summed E-state index contributed by atoms with van der Waals surface area (Å²) in [6.07, 6.45) is 0.788. The largest absolute Gasteiger partial charge is 0.383 e. The van der Waals surface area contributed by atoms with Crippen LogP contribution in [0.1, 0.15) is 23.9 Å². The van der Waals surface area contributed by atoms with Crippen LogP contribution in [-0.2, 0) is 13.0 Å². The maximum Gasteiger partial charge on any atom is 0.137 e. The van der Waals surface area contributed by atoms with Crippen molar-refractivity contribution in [3.63, 3.8) is 0 Å². The number of aromatic nitrogens is 2. The van der Waals surface area contributed by atoms with Crippen molar-refractivity contribution in [2.75, 3.05) is 17.7 Å². The standard InChI is InChI=1S/C15H20N4/c1-4-13-17-14(16)11(2)15(18-13)19(3)10-12-8-6-5-7-9-12/h5-9H,4,10H2,1-3H3,(H2,16,17,18). The molecule has 0 aliphatic heterocycles. The van der Waals surface area contributed by atoms with Crippen molar-refractivity contribution in [2.24, 2.45) is 0 Å². The van der Waals surface area contributed by atoms with Crippen molar-refractivity contribution in [3.05, 3.63) is 47.3 Å². The van der Waals surface area contributed by atoms with Gasteiger partial charge in [-0.3, -0.25) is 0 Å². The van der Waals surface area contributed by atoms with E-state index in [0.29, 0.717) is 5.82 Å². The van der Waals surface area contributed by atoms with Gasteiger partial charge in [0.25, 0.3) is 0 Å². The van der Waals surface area contributed by atoms with E-state index in [1.807, 2.05) is 39.1 Å². The number of benzene rings is 1. The molecule has 100 valence electrons. The summed E-state index contributed by atoms with van der Waals surface area (Å²) < 4.78 is 0. The van der Waals surface area contributed by atoms with Crippen LogP contribution in [0.3, 0.4) is 0 Å². The van der Waals surface area contributed by atoms with E-state index in [0.717, 1.165) is 30.2 Å². The maximum atomic E-state index is 5.95. The third-order valence-electron chi connectivity index (χ3n) is 3.14. The molecule has 0 fully saturated rings. The maximum absolute atomic E-state index is 5.95. The molecule has 2 rings (SSSR count). The number of anilines is 2. The Balaban J connectivity index is 2.28. The smallest absolute Gasteiger partial charge is 0.137 e. The lowest BCUT2D eigenvalue weighted by molar-refractivity contribution is 0.852. The van der Waals surface area contributed by atoms with Crippen molar-refractivity contribution in [3.8, 4) is 0 Å².